The van der Waals surface area contributed by atoms with Gasteiger partial charge in [-0.15, -0.1) is 0 Å². The van der Waals surface area contributed by atoms with Gasteiger partial charge in [0.2, 0.25) is 0 Å². The van der Waals surface area contributed by atoms with Gasteiger partial charge in [-0.25, -0.2) is 0 Å². The molecule has 0 radical (unpaired) electrons. The zero-order chi connectivity index (χ0) is 30.1. The normalized spacial score (nSPS) is 11.5. The minimum Gasteiger partial charge on any atom is -0.490 e. The highest BCUT2D eigenvalue weighted by Gasteiger charge is 2.18. The number of aryl methyl sites for hydroxylation is 2. The molecule has 4 aromatic rings. The van der Waals surface area contributed by atoms with E-state index in [4.69, 9.17) is 26.2 Å². The quantitative estimate of drug-likeness (QED) is 0.116. The highest BCUT2D eigenvalue weighted by atomic mass is 35.5. The number of carbonyl (C=O) groups is 2. The molecule has 0 amide bonds. The lowest BCUT2D eigenvalue weighted by Gasteiger charge is -2.08. The van der Waals surface area contributed by atoms with Crippen molar-refractivity contribution in [2.24, 2.45) is 0 Å². The lowest BCUT2D eigenvalue weighted by atomic mass is 10.0. The highest BCUT2D eigenvalue weighted by Crippen LogP contribution is 2.31. The van der Waals surface area contributed by atoms with Crippen LogP contribution in [0.4, 0.5) is 0 Å². The third-order valence-corrected chi connectivity index (χ3v) is 7.18. The summed E-state index contributed by atoms with van der Waals surface area (Å²) >= 11 is 6.19. The number of fused-ring (bicyclic) bond motifs is 1. The molecular formula is C34H34ClNO6. The Morgan fingerprint density at radius 3 is 2.33 bits per heavy atom. The molecule has 1 heterocycles. The molecule has 0 saturated carbocycles. The van der Waals surface area contributed by atoms with Gasteiger partial charge in [0.15, 0.2) is 0 Å². The first kappa shape index (κ1) is 30.5. The molecule has 3 aromatic carbocycles. The zero-order valence-electron chi connectivity index (χ0n) is 23.7. The van der Waals surface area contributed by atoms with Crippen LogP contribution in [-0.4, -0.2) is 39.9 Å². The van der Waals surface area contributed by atoms with Crippen LogP contribution in [0.2, 0.25) is 5.02 Å². The Balaban J connectivity index is 1.40. The molecule has 42 heavy (non-hydrogen) atoms. The first-order valence-electron chi connectivity index (χ1n) is 13.7. The van der Waals surface area contributed by atoms with Gasteiger partial charge in [-0.1, -0.05) is 60.2 Å². The predicted octanol–water partition coefficient (Wildman–Crippen LogP) is 7.59. The summed E-state index contributed by atoms with van der Waals surface area (Å²) in [5.41, 5.74) is 5.60. The van der Waals surface area contributed by atoms with Crippen molar-refractivity contribution in [2.75, 3.05) is 13.2 Å². The van der Waals surface area contributed by atoms with Crippen LogP contribution in [0.15, 0.2) is 72.8 Å². The first-order valence-corrected chi connectivity index (χ1v) is 14.1. The minimum absolute atomic E-state index is 0.0678. The lowest BCUT2D eigenvalue weighted by molar-refractivity contribution is -0.138. The smallest absolute Gasteiger partial charge is 0.323 e. The van der Waals surface area contributed by atoms with Crippen LogP contribution in [0.1, 0.15) is 40.8 Å². The van der Waals surface area contributed by atoms with Crippen molar-refractivity contribution >= 4 is 46.6 Å². The summed E-state index contributed by atoms with van der Waals surface area (Å²) in [6.45, 7) is 4.50. The van der Waals surface area contributed by atoms with Gasteiger partial charge in [-0.3, -0.25) is 9.59 Å². The lowest BCUT2D eigenvalue weighted by Crippen LogP contribution is -2.10. The van der Waals surface area contributed by atoms with E-state index in [1.165, 1.54) is 0 Å². The fraction of sp³-hybridized carbons (Fsp3) is 0.235. The van der Waals surface area contributed by atoms with Crippen molar-refractivity contribution < 1.29 is 29.3 Å². The van der Waals surface area contributed by atoms with Gasteiger partial charge in [-0.05, 0) is 85.4 Å². The Kier molecular flexibility index (Phi) is 10.5. The van der Waals surface area contributed by atoms with Crippen molar-refractivity contribution in [1.29, 1.82) is 0 Å². The molecule has 0 aliphatic carbocycles. The molecule has 218 valence electrons. The number of aromatic nitrogens is 1. The van der Waals surface area contributed by atoms with Crippen LogP contribution in [-0.2, 0) is 22.6 Å². The molecule has 8 heteroatoms. The third kappa shape index (κ3) is 8.04. The number of halogens is 1. The number of rotatable bonds is 14. The van der Waals surface area contributed by atoms with E-state index in [2.05, 4.69) is 0 Å². The molecule has 0 saturated heterocycles. The van der Waals surface area contributed by atoms with Crippen LogP contribution in [0.5, 0.6) is 11.5 Å². The number of nitrogens with zero attached hydrogens (tertiary/aromatic N) is 1. The maximum absolute atomic E-state index is 11.7. The van der Waals surface area contributed by atoms with Crippen LogP contribution in [0.3, 0.4) is 0 Å². The second-order valence-electron chi connectivity index (χ2n) is 9.96. The number of hydrogen-bond donors (Lipinski definition) is 2. The maximum atomic E-state index is 11.7. The number of carboxylic acids is 2. The summed E-state index contributed by atoms with van der Waals surface area (Å²) in [7, 11) is 0. The third-order valence-electron chi connectivity index (χ3n) is 6.89. The summed E-state index contributed by atoms with van der Waals surface area (Å²) in [6.07, 6.45) is 8.85. The van der Waals surface area contributed by atoms with Gasteiger partial charge in [0.25, 0.3) is 0 Å². The van der Waals surface area contributed by atoms with Crippen LogP contribution >= 0.6 is 11.6 Å². The van der Waals surface area contributed by atoms with Crippen molar-refractivity contribution in [3.63, 3.8) is 0 Å². The largest absolute Gasteiger partial charge is 0.490 e. The van der Waals surface area contributed by atoms with Gasteiger partial charge >= 0.3 is 11.9 Å². The summed E-state index contributed by atoms with van der Waals surface area (Å²) in [4.78, 5) is 22.7. The number of para-hydroxylation sites is 1. The Bertz CT molecular complexity index is 1620. The fourth-order valence-corrected chi connectivity index (χ4v) is 5.12. The second kappa shape index (κ2) is 14.4. The SMILES string of the molecule is Cc1ccc(OC/C=C/COc2ccc(/C=C/c3cccc4c(CCCC(=O)O)c(C)n(CC(=O)O)c34)cc2)c(Cl)c1. The fourth-order valence-electron chi connectivity index (χ4n) is 4.83. The zero-order valence-corrected chi connectivity index (χ0v) is 24.4. The van der Waals surface area contributed by atoms with E-state index in [0.717, 1.165) is 44.6 Å². The van der Waals surface area contributed by atoms with E-state index >= 15 is 0 Å². The molecule has 0 aliphatic heterocycles. The Labute approximate surface area is 250 Å². The number of hydrogen-bond acceptors (Lipinski definition) is 4. The van der Waals surface area contributed by atoms with Crippen molar-refractivity contribution in [2.45, 2.75) is 39.7 Å². The molecule has 1 aromatic heterocycles. The molecule has 0 spiro atoms. The predicted molar refractivity (Wildman–Crippen MR) is 167 cm³/mol. The van der Waals surface area contributed by atoms with Gasteiger partial charge < -0.3 is 24.3 Å². The van der Waals surface area contributed by atoms with Crippen molar-refractivity contribution in [1.82, 2.24) is 4.57 Å². The van der Waals surface area contributed by atoms with E-state index in [1.54, 1.807) is 4.57 Å². The summed E-state index contributed by atoms with van der Waals surface area (Å²) in [5, 5.41) is 20.1. The van der Waals surface area contributed by atoms with E-state index in [1.807, 2.05) is 98.8 Å². The second-order valence-corrected chi connectivity index (χ2v) is 10.4. The molecule has 0 bridgehead atoms. The molecule has 0 fully saturated rings. The molecule has 0 atom stereocenters. The van der Waals surface area contributed by atoms with Gasteiger partial charge in [0.05, 0.1) is 10.5 Å². The van der Waals surface area contributed by atoms with Crippen molar-refractivity contribution in [3.8, 4) is 11.5 Å². The van der Waals surface area contributed by atoms with E-state index in [9.17, 15) is 14.7 Å². The Morgan fingerprint density at radius 2 is 1.64 bits per heavy atom. The number of ether oxygens (including phenoxy) is 2. The summed E-state index contributed by atoms with van der Waals surface area (Å²) < 4.78 is 13.3. The van der Waals surface area contributed by atoms with Gasteiger partial charge in [0.1, 0.15) is 31.3 Å². The molecule has 0 unspecified atom stereocenters. The van der Waals surface area contributed by atoms with Crippen LogP contribution in [0, 0.1) is 13.8 Å². The number of benzene rings is 3. The molecule has 7 nitrogen and oxygen atoms in total. The standard InChI is InChI=1S/C34H34ClNO6/c1-23-11-18-31(30(35)21-23)42-20-4-3-19-41-27-16-13-25(14-17-27)12-15-26-7-5-9-29-28(8-6-10-32(37)38)24(2)36(34(26)29)22-33(39)40/h3-5,7,9,11-18,21H,6,8,10,19-20,22H2,1-2H3,(H,37,38)(H,39,40)/b4-3+,15-12+. The maximum Gasteiger partial charge on any atom is 0.323 e. The summed E-state index contributed by atoms with van der Waals surface area (Å²) in [6, 6.07) is 19.3. The molecule has 2 N–H and O–H groups in total. The summed E-state index contributed by atoms with van der Waals surface area (Å²) in [5.74, 6) is -0.389. The molecule has 0 aliphatic rings. The Hall–Kier alpha value is -4.49. The van der Waals surface area contributed by atoms with E-state index < -0.39 is 11.9 Å². The average Bonchev–Trinajstić information content (AvgIpc) is 3.21. The van der Waals surface area contributed by atoms with Crippen LogP contribution < -0.4 is 9.47 Å². The van der Waals surface area contributed by atoms with E-state index in [-0.39, 0.29) is 13.0 Å². The van der Waals surface area contributed by atoms with E-state index in [0.29, 0.717) is 36.8 Å². The number of aliphatic carboxylic acids is 2. The topological polar surface area (TPSA) is 98.0 Å². The van der Waals surface area contributed by atoms with Gasteiger partial charge in [0, 0.05) is 17.5 Å². The minimum atomic E-state index is -0.931. The molecular weight excluding hydrogens is 554 g/mol. The number of carboxylic acid groups (broad SMARTS) is 2. The van der Waals surface area contributed by atoms with Gasteiger partial charge in [-0.2, -0.15) is 0 Å². The van der Waals surface area contributed by atoms with Crippen molar-refractivity contribution in [3.05, 3.63) is 106 Å². The first-order chi connectivity index (χ1) is 20.2. The average molecular weight is 588 g/mol. The highest BCUT2D eigenvalue weighted by molar-refractivity contribution is 6.32. The molecule has 4 rings (SSSR count). The van der Waals surface area contributed by atoms with Crippen LogP contribution in [0.25, 0.3) is 23.1 Å². The monoisotopic (exact) mass is 587 g/mol. The Morgan fingerprint density at radius 1 is 0.905 bits per heavy atom.